The maximum absolute atomic E-state index is 13.2. The molecule has 0 amide bonds. The molecule has 0 radical (unpaired) electrons. The summed E-state index contributed by atoms with van der Waals surface area (Å²) in [5, 5.41) is 0. The molecule has 0 saturated heterocycles. The lowest BCUT2D eigenvalue weighted by Gasteiger charge is -2.21. The van der Waals surface area contributed by atoms with Crippen LogP contribution in [0.1, 0.15) is 18.6 Å². The Hall–Kier alpha value is -1.18. The van der Waals surface area contributed by atoms with Gasteiger partial charge in [-0.25, -0.2) is 12.8 Å². The Kier molecular flexibility index (Phi) is 3.90. The van der Waals surface area contributed by atoms with E-state index < -0.39 is 15.8 Å². The zero-order chi connectivity index (χ0) is 15.0. The third-order valence-electron chi connectivity index (χ3n) is 3.33. The van der Waals surface area contributed by atoms with Crippen LogP contribution >= 0.6 is 15.9 Å². The summed E-state index contributed by atoms with van der Waals surface area (Å²) in [6.07, 6.45) is 3.18. The molecule has 7 heteroatoms. The second kappa shape index (κ2) is 5.55. The molecule has 3 rings (SSSR count). The Balaban J connectivity index is 1.97. The number of rotatable bonds is 5. The van der Waals surface area contributed by atoms with Crippen LogP contribution in [0, 0.1) is 5.82 Å². The van der Waals surface area contributed by atoms with Crippen molar-refractivity contribution in [2.75, 3.05) is 0 Å². The van der Waals surface area contributed by atoms with Crippen LogP contribution in [0.4, 0.5) is 4.39 Å². The Morgan fingerprint density at radius 1 is 1.33 bits per heavy atom. The van der Waals surface area contributed by atoms with E-state index in [-0.39, 0.29) is 22.0 Å². The molecule has 21 heavy (non-hydrogen) atoms. The monoisotopic (exact) mass is 373 g/mol. The van der Waals surface area contributed by atoms with Crippen LogP contribution < -0.4 is 0 Å². The molecule has 0 bridgehead atoms. The van der Waals surface area contributed by atoms with E-state index in [0.717, 1.165) is 25.0 Å². The van der Waals surface area contributed by atoms with E-state index in [1.807, 2.05) is 0 Å². The molecule has 0 N–H and O–H groups in total. The van der Waals surface area contributed by atoms with Crippen molar-refractivity contribution in [2.24, 2.45) is 0 Å². The summed E-state index contributed by atoms with van der Waals surface area (Å²) in [4.78, 5) is 0.0716. The largest absolute Gasteiger partial charge is 0.468 e. The Morgan fingerprint density at radius 2 is 2.10 bits per heavy atom. The van der Waals surface area contributed by atoms with Crippen LogP contribution in [-0.4, -0.2) is 18.8 Å². The van der Waals surface area contributed by atoms with E-state index in [4.69, 9.17) is 4.42 Å². The average molecular weight is 374 g/mol. The van der Waals surface area contributed by atoms with Gasteiger partial charge in [-0.1, -0.05) is 0 Å². The van der Waals surface area contributed by atoms with Crippen molar-refractivity contribution >= 4 is 26.0 Å². The zero-order valence-corrected chi connectivity index (χ0v) is 13.4. The fourth-order valence-electron chi connectivity index (χ4n) is 2.14. The first-order valence-electron chi connectivity index (χ1n) is 6.48. The smallest absolute Gasteiger partial charge is 0.244 e. The third kappa shape index (κ3) is 3.04. The maximum atomic E-state index is 13.2. The molecule has 1 aliphatic rings. The van der Waals surface area contributed by atoms with Crippen LogP contribution in [0.15, 0.2) is 50.4 Å². The van der Waals surface area contributed by atoms with Crippen molar-refractivity contribution < 1.29 is 17.2 Å². The summed E-state index contributed by atoms with van der Waals surface area (Å²) in [7, 11) is -3.70. The van der Waals surface area contributed by atoms with E-state index in [0.29, 0.717) is 5.76 Å². The summed E-state index contributed by atoms with van der Waals surface area (Å²) in [6.45, 7) is 0.184. The van der Waals surface area contributed by atoms with Gasteiger partial charge in [-0.05, 0) is 59.1 Å². The molecule has 2 aromatic rings. The molecule has 1 aliphatic carbocycles. The predicted molar refractivity (Wildman–Crippen MR) is 78.6 cm³/mol. The molecule has 1 aromatic carbocycles. The minimum atomic E-state index is -3.70. The molecule has 1 aromatic heterocycles. The Bertz CT molecular complexity index is 742. The molecule has 1 heterocycles. The van der Waals surface area contributed by atoms with Gasteiger partial charge in [0.15, 0.2) is 0 Å². The van der Waals surface area contributed by atoms with Crippen LogP contribution in [0.2, 0.25) is 0 Å². The van der Waals surface area contributed by atoms with Gasteiger partial charge in [0.2, 0.25) is 10.0 Å². The number of sulfonamides is 1. The standard InChI is InChI=1S/C14H13BrFNO3S/c15-13-8-10(16)3-6-14(13)21(18,19)17(11-4-5-11)9-12-2-1-7-20-12/h1-3,6-8,11H,4-5,9H2. The van der Waals surface area contributed by atoms with Crippen molar-refractivity contribution in [3.8, 4) is 0 Å². The maximum Gasteiger partial charge on any atom is 0.244 e. The van der Waals surface area contributed by atoms with Crippen molar-refractivity contribution in [3.05, 3.63) is 52.6 Å². The average Bonchev–Trinajstić information content (AvgIpc) is 3.11. The molecule has 112 valence electrons. The summed E-state index contributed by atoms with van der Waals surface area (Å²) in [5.74, 6) is 0.105. The van der Waals surface area contributed by atoms with Crippen LogP contribution in [-0.2, 0) is 16.6 Å². The predicted octanol–water partition coefficient (Wildman–Crippen LogP) is 3.53. The van der Waals surface area contributed by atoms with E-state index >= 15 is 0 Å². The van der Waals surface area contributed by atoms with Crippen LogP contribution in [0.25, 0.3) is 0 Å². The molecule has 0 atom stereocenters. The van der Waals surface area contributed by atoms with Gasteiger partial charge in [0.1, 0.15) is 11.6 Å². The summed E-state index contributed by atoms with van der Waals surface area (Å²) < 4.78 is 45.7. The highest BCUT2D eigenvalue weighted by Crippen LogP contribution is 2.35. The lowest BCUT2D eigenvalue weighted by molar-refractivity contribution is 0.356. The minimum absolute atomic E-state index is 0.0166. The number of furan rings is 1. The SMILES string of the molecule is O=S(=O)(c1ccc(F)cc1Br)N(Cc1ccco1)C1CC1. The van der Waals surface area contributed by atoms with E-state index in [2.05, 4.69) is 15.9 Å². The lowest BCUT2D eigenvalue weighted by atomic mass is 10.3. The normalized spacial score (nSPS) is 15.6. The first-order chi connectivity index (χ1) is 9.98. The van der Waals surface area contributed by atoms with Crippen LogP contribution in [0.5, 0.6) is 0 Å². The molecule has 1 fully saturated rings. The van der Waals surface area contributed by atoms with E-state index in [1.165, 1.54) is 16.6 Å². The highest BCUT2D eigenvalue weighted by atomic mass is 79.9. The number of halogens is 2. The molecule has 4 nitrogen and oxygen atoms in total. The number of hydrogen-bond acceptors (Lipinski definition) is 3. The van der Waals surface area contributed by atoms with Gasteiger partial charge in [0.05, 0.1) is 17.7 Å². The number of hydrogen-bond donors (Lipinski definition) is 0. The fourth-order valence-corrected chi connectivity index (χ4v) is 4.80. The first-order valence-corrected chi connectivity index (χ1v) is 8.71. The summed E-state index contributed by atoms with van der Waals surface area (Å²) >= 11 is 3.13. The summed E-state index contributed by atoms with van der Waals surface area (Å²) in [5.41, 5.74) is 0. The van der Waals surface area contributed by atoms with Gasteiger partial charge in [-0.15, -0.1) is 0 Å². The molecule has 0 unspecified atom stereocenters. The quantitative estimate of drug-likeness (QED) is 0.805. The molecular weight excluding hydrogens is 361 g/mol. The van der Waals surface area contributed by atoms with Gasteiger partial charge >= 0.3 is 0 Å². The summed E-state index contributed by atoms with van der Waals surface area (Å²) in [6, 6.07) is 7.04. The van der Waals surface area contributed by atoms with Gasteiger partial charge in [0.25, 0.3) is 0 Å². The Labute approximate surface area is 130 Å². The topological polar surface area (TPSA) is 50.5 Å². The van der Waals surface area contributed by atoms with Crippen molar-refractivity contribution in [3.63, 3.8) is 0 Å². The highest BCUT2D eigenvalue weighted by Gasteiger charge is 2.39. The second-order valence-electron chi connectivity index (χ2n) is 4.94. The van der Waals surface area contributed by atoms with Gasteiger partial charge in [0, 0.05) is 10.5 Å². The van der Waals surface area contributed by atoms with Gasteiger partial charge < -0.3 is 4.42 Å². The van der Waals surface area contributed by atoms with E-state index in [9.17, 15) is 12.8 Å². The van der Waals surface area contributed by atoms with Crippen LogP contribution in [0.3, 0.4) is 0 Å². The number of nitrogens with zero attached hydrogens (tertiary/aromatic N) is 1. The molecule has 0 aliphatic heterocycles. The van der Waals surface area contributed by atoms with Crippen molar-refractivity contribution in [1.82, 2.24) is 4.31 Å². The lowest BCUT2D eigenvalue weighted by Crippen LogP contribution is -2.32. The minimum Gasteiger partial charge on any atom is -0.468 e. The second-order valence-corrected chi connectivity index (χ2v) is 7.65. The molecular formula is C14H13BrFNO3S. The number of benzene rings is 1. The molecule has 1 saturated carbocycles. The first kappa shape index (κ1) is 14.7. The zero-order valence-electron chi connectivity index (χ0n) is 11.0. The van der Waals surface area contributed by atoms with Crippen molar-refractivity contribution in [2.45, 2.75) is 30.3 Å². The van der Waals surface area contributed by atoms with Gasteiger partial charge in [-0.3, -0.25) is 0 Å². The van der Waals surface area contributed by atoms with Crippen molar-refractivity contribution in [1.29, 1.82) is 0 Å². The van der Waals surface area contributed by atoms with E-state index in [1.54, 1.807) is 12.1 Å². The third-order valence-corrected chi connectivity index (χ3v) is 6.20. The fraction of sp³-hybridized carbons (Fsp3) is 0.286. The van der Waals surface area contributed by atoms with Gasteiger partial charge in [-0.2, -0.15) is 4.31 Å². The Morgan fingerprint density at radius 3 is 2.67 bits per heavy atom. The highest BCUT2D eigenvalue weighted by molar-refractivity contribution is 9.10. The molecule has 0 spiro atoms.